The van der Waals surface area contributed by atoms with Crippen LogP contribution in [0.1, 0.15) is 29.8 Å². The quantitative estimate of drug-likeness (QED) is 0.658. The zero-order valence-electron chi connectivity index (χ0n) is 13.4. The highest BCUT2D eigenvalue weighted by Gasteiger charge is 2.05. The average Bonchev–Trinajstić information content (AvgIpc) is 2.54. The van der Waals surface area contributed by atoms with Crippen LogP contribution in [0.4, 0.5) is 0 Å². The summed E-state index contributed by atoms with van der Waals surface area (Å²) in [6.07, 6.45) is 1.68. The number of benzene rings is 2. The summed E-state index contributed by atoms with van der Waals surface area (Å²) in [5, 5.41) is 3.97. The molecule has 0 radical (unpaired) electrons. The molecule has 0 spiro atoms. The highest BCUT2D eigenvalue weighted by atomic mass is 16.5. The minimum atomic E-state index is -0.297. The second-order valence-corrected chi connectivity index (χ2v) is 5.17. The Balaban J connectivity index is 1.99. The van der Waals surface area contributed by atoms with E-state index in [0.29, 0.717) is 11.3 Å². The lowest BCUT2D eigenvalue weighted by Crippen LogP contribution is -2.17. The molecular formula is C18H20N2O3. The maximum Gasteiger partial charge on any atom is 0.271 e. The molecule has 1 amide bonds. The fraction of sp³-hybridized carbons (Fsp3) is 0.222. The van der Waals surface area contributed by atoms with Crippen LogP contribution in [-0.4, -0.2) is 25.3 Å². The van der Waals surface area contributed by atoms with E-state index in [2.05, 4.69) is 10.5 Å². The third-order valence-electron chi connectivity index (χ3n) is 2.94. The number of hydrogen-bond donors (Lipinski definition) is 1. The number of nitrogens with zero attached hydrogens (tertiary/aromatic N) is 1. The van der Waals surface area contributed by atoms with Gasteiger partial charge in [-0.15, -0.1) is 0 Å². The van der Waals surface area contributed by atoms with Crippen LogP contribution in [0.15, 0.2) is 53.6 Å². The predicted molar refractivity (Wildman–Crippen MR) is 90.3 cm³/mol. The molecule has 5 nitrogen and oxygen atoms in total. The Morgan fingerprint density at radius 1 is 1.13 bits per heavy atom. The molecule has 0 saturated carbocycles. The van der Waals surface area contributed by atoms with Crippen LogP contribution in [0.2, 0.25) is 0 Å². The molecule has 2 aromatic rings. The second-order valence-electron chi connectivity index (χ2n) is 5.17. The van der Waals surface area contributed by atoms with Crippen molar-refractivity contribution in [3.63, 3.8) is 0 Å². The monoisotopic (exact) mass is 312 g/mol. The molecule has 2 rings (SSSR count). The summed E-state index contributed by atoms with van der Waals surface area (Å²) >= 11 is 0. The number of carbonyl (C=O) groups is 1. The zero-order valence-corrected chi connectivity index (χ0v) is 13.4. The average molecular weight is 312 g/mol. The molecule has 120 valence electrons. The van der Waals surface area contributed by atoms with E-state index in [1.165, 1.54) is 0 Å². The molecule has 0 aliphatic rings. The molecule has 0 saturated heterocycles. The molecule has 0 aromatic heterocycles. The van der Waals surface area contributed by atoms with Crippen molar-refractivity contribution in [2.75, 3.05) is 7.11 Å². The van der Waals surface area contributed by atoms with Gasteiger partial charge in [0.05, 0.1) is 19.4 Å². The van der Waals surface area contributed by atoms with E-state index >= 15 is 0 Å². The Labute approximate surface area is 135 Å². The molecule has 0 aliphatic heterocycles. The minimum Gasteiger partial charge on any atom is -0.497 e. The molecule has 0 atom stereocenters. The lowest BCUT2D eigenvalue weighted by atomic mass is 10.2. The predicted octanol–water partition coefficient (Wildman–Crippen LogP) is 3.25. The number of hydrogen-bond acceptors (Lipinski definition) is 4. The molecule has 0 heterocycles. The molecule has 0 unspecified atom stereocenters. The summed E-state index contributed by atoms with van der Waals surface area (Å²) in [7, 11) is 1.56. The van der Waals surface area contributed by atoms with Crippen LogP contribution in [0.25, 0.3) is 0 Å². The fourth-order valence-electron chi connectivity index (χ4n) is 1.93. The SMILES string of the molecule is COc1cccc(C(=O)N/N=C/c2cccc(OC(C)C)c2)c1. The van der Waals surface area contributed by atoms with Crippen LogP contribution < -0.4 is 14.9 Å². The van der Waals surface area contributed by atoms with E-state index in [4.69, 9.17) is 9.47 Å². The Kier molecular flexibility index (Phi) is 5.74. The van der Waals surface area contributed by atoms with Crippen molar-refractivity contribution < 1.29 is 14.3 Å². The topological polar surface area (TPSA) is 59.9 Å². The van der Waals surface area contributed by atoms with Gasteiger partial charge in [-0.1, -0.05) is 18.2 Å². The second kappa shape index (κ2) is 7.98. The van der Waals surface area contributed by atoms with Gasteiger partial charge in [-0.25, -0.2) is 5.43 Å². The maximum atomic E-state index is 12.0. The van der Waals surface area contributed by atoms with Crippen LogP contribution in [0.5, 0.6) is 11.5 Å². The molecule has 5 heteroatoms. The van der Waals surface area contributed by atoms with Crippen LogP contribution >= 0.6 is 0 Å². The smallest absolute Gasteiger partial charge is 0.271 e. The van der Waals surface area contributed by atoms with Crippen LogP contribution in [0.3, 0.4) is 0 Å². The number of ether oxygens (including phenoxy) is 2. The first-order valence-corrected chi connectivity index (χ1v) is 7.32. The number of rotatable bonds is 6. The Hall–Kier alpha value is -2.82. The van der Waals surface area contributed by atoms with E-state index < -0.39 is 0 Å². The number of carbonyl (C=O) groups excluding carboxylic acids is 1. The standard InChI is InChI=1S/C18H20N2O3/c1-13(2)23-17-9-4-6-14(10-17)12-19-20-18(21)15-7-5-8-16(11-15)22-3/h4-13H,1-3H3,(H,20,21)/b19-12+. The lowest BCUT2D eigenvalue weighted by Gasteiger charge is -2.09. The number of nitrogens with one attached hydrogen (secondary N) is 1. The fourth-order valence-corrected chi connectivity index (χ4v) is 1.93. The van der Waals surface area contributed by atoms with Gasteiger partial charge in [-0.3, -0.25) is 4.79 Å². The number of methoxy groups -OCH3 is 1. The third kappa shape index (κ3) is 5.14. The molecule has 23 heavy (non-hydrogen) atoms. The zero-order chi connectivity index (χ0) is 16.7. The van der Waals surface area contributed by atoms with E-state index in [1.807, 2.05) is 38.1 Å². The molecule has 1 N–H and O–H groups in total. The summed E-state index contributed by atoms with van der Waals surface area (Å²) in [5.41, 5.74) is 3.82. The summed E-state index contributed by atoms with van der Waals surface area (Å²) in [4.78, 5) is 12.0. The van der Waals surface area contributed by atoms with Gasteiger partial charge in [0.15, 0.2) is 0 Å². The first kappa shape index (κ1) is 16.5. The Morgan fingerprint density at radius 2 is 1.87 bits per heavy atom. The summed E-state index contributed by atoms with van der Waals surface area (Å²) in [6.45, 7) is 3.93. The van der Waals surface area contributed by atoms with Gasteiger partial charge >= 0.3 is 0 Å². The first-order chi connectivity index (χ1) is 11.1. The Bertz CT molecular complexity index is 696. The van der Waals surface area contributed by atoms with Crippen molar-refractivity contribution >= 4 is 12.1 Å². The highest BCUT2D eigenvalue weighted by Crippen LogP contribution is 2.14. The molecular weight excluding hydrogens is 292 g/mol. The van der Waals surface area contributed by atoms with E-state index in [-0.39, 0.29) is 12.0 Å². The molecule has 2 aromatic carbocycles. The maximum absolute atomic E-state index is 12.0. The van der Waals surface area contributed by atoms with E-state index in [0.717, 1.165) is 11.3 Å². The van der Waals surface area contributed by atoms with E-state index in [1.54, 1.807) is 37.6 Å². The molecule has 0 bridgehead atoms. The van der Waals surface area contributed by atoms with E-state index in [9.17, 15) is 4.79 Å². The van der Waals surface area contributed by atoms with Gasteiger partial charge in [-0.05, 0) is 49.7 Å². The van der Waals surface area contributed by atoms with Crippen molar-refractivity contribution in [3.8, 4) is 11.5 Å². The summed E-state index contributed by atoms with van der Waals surface area (Å²) in [6, 6.07) is 14.4. The van der Waals surface area contributed by atoms with Crippen molar-refractivity contribution in [1.29, 1.82) is 0 Å². The van der Waals surface area contributed by atoms with Gasteiger partial charge in [0, 0.05) is 5.56 Å². The molecule has 0 fully saturated rings. The largest absolute Gasteiger partial charge is 0.497 e. The Morgan fingerprint density at radius 3 is 2.61 bits per heavy atom. The van der Waals surface area contributed by atoms with Gasteiger partial charge < -0.3 is 9.47 Å². The highest BCUT2D eigenvalue weighted by molar-refractivity contribution is 5.95. The first-order valence-electron chi connectivity index (χ1n) is 7.32. The van der Waals surface area contributed by atoms with Crippen LogP contribution in [0, 0.1) is 0 Å². The third-order valence-corrected chi connectivity index (χ3v) is 2.94. The number of amides is 1. The van der Waals surface area contributed by atoms with Gasteiger partial charge in [0.25, 0.3) is 5.91 Å². The van der Waals surface area contributed by atoms with Crippen molar-refractivity contribution in [2.45, 2.75) is 20.0 Å². The summed E-state index contributed by atoms with van der Waals surface area (Å²) < 4.78 is 10.7. The normalized spacial score (nSPS) is 10.8. The van der Waals surface area contributed by atoms with Crippen molar-refractivity contribution in [2.24, 2.45) is 5.10 Å². The van der Waals surface area contributed by atoms with Crippen molar-refractivity contribution in [1.82, 2.24) is 5.43 Å². The summed E-state index contributed by atoms with van der Waals surface area (Å²) in [5.74, 6) is 1.10. The number of hydrazone groups is 1. The lowest BCUT2D eigenvalue weighted by molar-refractivity contribution is 0.0955. The van der Waals surface area contributed by atoms with Crippen molar-refractivity contribution in [3.05, 3.63) is 59.7 Å². The minimum absolute atomic E-state index is 0.106. The van der Waals surface area contributed by atoms with Crippen LogP contribution in [-0.2, 0) is 0 Å². The molecule has 0 aliphatic carbocycles. The van der Waals surface area contributed by atoms with Gasteiger partial charge in [-0.2, -0.15) is 5.10 Å². The van der Waals surface area contributed by atoms with Gasteiger partial charge in [0.2, 0.25) is 0 Å². The van der Waals surface area contributed by atoms with Gasteiger partial charge in [0.1, 0.15) is 11.5 Å².